The van der Waals surface area contributed by atoms with Gasteiger partial charge in [0.25, 0.3) is 5.91 Å². The Morgan fingerprint density at radius 2 is 1.74 bits per heavy atom. The first-order valence-corrected chi connectivity index (χ1v) is 8.95. The normalized spacial score (nSPS) is 11.1. The van der Waals surface area contributed by atoms with E-state index in [2.05, 4.69) is 5.32 Å². The van der Waals surface area contributed by atoms with E-state index in [0.717, 1.165) is 23.1 Å². The highest BCUT2D eigenvalue weighted by atomic mass is 32.2. The maximum absolute atomic E-state index is 11.9. The van der Waals surface area contributed by atoms with Crippen LogP contribution in [0.15, 0.2) is 47.4 Å². The van der Waals surface area contributed by atoms with Gasteiger partial charge in [0.2, 0.25) is 0 Å². The number of hydrogen-bond donors (Lipinski definition) is 1. The Kier molecular flexibility index (Phi) is 5.05. The Morgan fingerprint density at radius 1 is 1.09 bits per heavy atom. The summed E-state index contributed by atoms with van der Waals surface area (Å²) >= 11 is 0. The molecule has 0 heterocycles. The number of sulfone groups is 1. The molecule has 0 atom stereocenters. The average Bonchev–Trinajstić information content (AvgIpc) is 2.47. The molecule has 5 nitrogen and oxygen atoms in total. The smallest absolute Gasteiger partial charge is 0.262 e. The summed E-state index contributed by atoms with van der Waals surface area (Å²) in [5.74, 6) is 0.164. The number of hydrogen-bond acceptors (Lipinski definition) is 4. The van der Waals surface area contributed by atoms with Crippen LogP contribution >= 0.6 is 0 Å². The van der Waals surface area contributed by atoms with Crippen LogP contribution in [0.25, 0.3) is 0 Å². The van der Waals surface area contributed by atoms with Gasteiger partial charge in [-0.1, -0.05) is 17.7 Å². The zero-order chi connectivity index (χ0) is 17.0. The van der Waals surface area contributed by atoms with Crippen LogP contribution in [0.1, 0.15) is 11.1 Å². The molecule has 2 aromatic rings. The van der Waals surface area contributed by atoms with Gasteiger partial charge in [0.1, 0.15) is 5.75 Å². The molecule has 23 heavy (non-hydrogen) atoms. The largest absolute Gasteiger partial charge is 0.484 e. The molecule has 2 rings (SSSR count). The van der Waals surface area contributed by atoms with Crippen LogP contribution in [0, 0.1) is 13.8 Å². The Labute approximate surface area is 136 Å². The van der Waals surface area contributed by atoms with E-state index in [1.54, 1.807) is 0 Å². The van der Waals surface area contributed by atoms with Gasteiger partial charge in [-0.15, -0.1) is 0 Å². The topological polar surface area (TPSA) is 72.5 Å². The minimum absolute atomic E-state index is 0.147. The van der Waals surface area contributed by atoms with Crippen molar-refractivity contribution in [2.45, 2.75) is 18.7 Å². The maximum Gasteiger partial charge on any atom is 0.262 e. The molecule has 0 saturated heterocycles. The van der Waals surface area contributed by atoms with Gasteiger partial charge in [-0.3, -0.25) is 4.79 Å². The molecule has 1 amide bonds. The second kappa shape index (κ2) is 6.83. The van der Waals surface area contributed by atoms with E-state index in [0.29, 0.717) is 5.75 Å². The highest BCUT2D eigenvalue weighted by Crippen LogP contribution is 2.17. The van der Waals surface area contributed by atoms with Crippen molar-refractivity contribution in [3.05, 3.63) is 53.6 Å². The lowest BCUT2D eigenvalue weighted by Gasteiger charge is -2.10. The summed E-state index contributed by atoms with van der Waals surface area (Å²) in [5.41, 5.74) is 2.86. The number of amides is 1. The van der Waals surface area contributed by atoms with Gasteiger partial charge in [0.05, 0.1) is 4.90 Å². The summed E-state index contributed by atoms with van der Waals surface area (Å²) in [6, 6.07) is 11.7. The highest BCUT2D eigenvalue weighted by Gasteiger charge is 2.08. The van der Waals surface area contributed by atoms with Crippen molar-refractivity contribution < 1.29 is 17.9 Å². The van der Waals surface area contributed by atoms with Gasteiger partial charge in [-0.05, 0) is 49.7 Å². The van der Waals surface area contributed by atoms with Gasteiger partial charge >= 0.3 is 0 Å². The standard InChI is InChI=1S/C17H19NO4S/c1-12-4-9-16(13(2)10-12)18-17(19)11-22-14-5-7-15(8-6-14)23(3,20)21/h4-10H,11H2,1-3H3,(H,18,19). The number of aryl methyl sites for hydroxylation is 2. The molecule has 6 heteroatoms. The van der Waals surface area contributed by atoms with Crippen molar-refractivity contribution in [2.24, 2.45) is 0 Å². The number of rotatable bonds is 5. The lowest BCUT2D eigenvalue weighted by Crippen LogP contribution is -2.20. The Hall–Kier alpha value is -2.34. The van der Waals surface area contributed by atoms with Gasteiger partial charge in [0.15, 0.2) is 16.4 Å². The molecule has 2 aromatic carbocycles. The van der Waals surface area contributed by atoms with Gasteiger partial charge in [0, 0.05) is 11.9 Å². The zero-order valence-corrected chi connectivity index (χ0v) is 14.1. The quantitative estimate of drug-likeness (QED) is 0.913. The van der Waals surface area contributed by atoms with E-state index < -0.39 is 9.84 Å². The van der Waals surface area contributed by atoms with E-state index in [1.807, 2.05) is 32.0 Å². The fraction of sp³-hybridized carbons (Fsp3) is 0.235. The van der Waals surface area contributed by atoms with Gasteiger partial charge in [-0.2, -0.15) is 0 Å². The Morgan fingerprint density at radius 3 is 2.30 bits per heavy atom. The molecule has 1 N–H and O–H groups in total. The van der Waals surface area contributed by atoms with Crippen LogP contribution in [0.2, 0.25) is 0 Å². The number of carbonyl (C=O) groups is 1. The van der Waals surface area contributed by atoms with E-state index in [9.17, 15) is 13.2 Å². The molecule has 0 bridgehead atoms. The van der Waals surface area contributed by atoms with Crippen molar-refractivity contribution in [3.8, 4) is 5.75 Å². The van der Waals surface area contributed by atoms with Gasteiger partial charge in [-0.25, -0.2) is 8.42 Å². The molecule has 0 aliphatic heterocycles. The molecule has 0 spiro atoms. The molecule has 0 aromatic heterocycles. The lowest BCUT2D eigenvalue weighted by atomic mass is 10.1. The van der Waals surface area contributed by atoms with Crippen molar-refractivity contribution in [1.82, 2.24) is 0 Å². The van der Waals surface area contributed by atoms with Crippen LogP contribution in [0.5, 0.6) is 5.75 Å². The third-order valence-electron chi connectivity index (χ3n) is 3.28. The number of ether oxygens (including phenoxy) is 1. The van der Waals surface area contributed by atoms with Crippen LogP contribution in [0.3, 0.4) is 0 Å². The highest BCUT2D eigenvalue weighted by molar-refractivity contribution is 7.90. The second-order valence-corrected chi connectivity index (χ2v) is 7.41. The maximum atomic E-state index is 11.9. The summed E-state index contributed by atoms with van der Waals surface area (Å²) in [4.78, 5) is 12.1. The number of carbonyl (C=O) groups excluding carboxylic acids is 1. The predicted molar refractivity (Wildman–Crippen MR) is 89.6 cm³/mol. The van der Waals surface area contributed by atoms with Crippen LogP contribution in [0.4, 0.5) is 5.69 Å². The average molecular weight is 333 g/mol. The number of anilines is 1. The van der Waals surface area contributed by atoms with Crippen molar-refractivity contribution in [2.75, 3.05) is 18.2 Å². The fourth-order valence-corrected chi connectivity index (χ4v) is 2.70. The molecular formula is C17H19NO4S. The molecule has 0 aliphatic carbocycles. The van der Waals surface area contributed by atoms with Crippen LogP contribution < -0.4 is 10.1 Å². The van der Waals surface area contributed by atoms with Crippen molar-refractivity contribution in [1.29, 1.82) is 0 Å². The summed E-state index contributed by atoms with van der Waals surface area (Å²) in [5, 5.41) is 2.78. The lowest BCUT2D eigenvalue weighted by molar-refractivity contribution is -0.118. The molecule has 0 aliphatic rings. The molecule has 0 saturated carbocycles. The fourth-order valence-electron chi connectivity index (χ4n) is 2.07. The first kappa shape index (κ1) is 17.0. The van der Waals surface area contributed by atoms with E-state index in [1.165, 1.54) is 24.3 Å². The molecular weight excluding hydrogens is 314 g/mol. The van der Waals surface area contributed by atoms with E-state index >= 15 is 0 Å². The zero-order valence-electron chi connectivity index (χ0n) is 13.3. The van der Waals surface area contributed by atoms with Gasteiger partial charge < -0.3 is 10.1 Å². The minimum Gasteiger partial charge on any atom is -0.484 e. The molecule has 0 unspecified atom stereocenters. The van der Waals surface area contributed by atoms with Crippen molar-refractivity contribution >= 4 is 21.4 Å². The summed E-state index contributed by atoms with van der Waals surface area (Å²) in [7, 11) is -3.23. The minimum atomic E-state index is -3.23. The predicted octanol–water partition coefficient (Wildman–Crippen LogP) is 2.72. The first-order chi connectivity index (χ1) is 10.8. The third kappa shape index (κ3) is 4.82. The monoisotopic (exact) mass is 333 g/mol. The number of nitrogens with one attached hydrogen (secondary N) is 1. The van der Waals surface area contributed by atoms with E-state index in [-0.39, 0.29) is 17.4 Å². The van der Waals surface area contributed by atoms with Crippen LogP contribution in [-0.4, -0.2) is 27.2 Å². The first-order valence-electron chi connectivity index (χ1n) is 7.06. The molecule has 0 fully saturated rings. The molecule has 0 radical (unpaired) electrons. The Balaban J connectivity index is 1.94. The summed E-state index contributed by atoms with van der Waals surface area (Å²) < 4.78 is 28.1. The summed E-state index contributed by atoms with van der Waals surface area (Å²) in [6.45, 7) is 3.76. The van der Waals surface area contributed by atoms with E-state index in [4.69, 9.17) is 4.74 Å². The SMILES string of the molecule is Cc1ccc(NC(=O)COc2ccc(S(C)(=O)=O)cc2)c(C)c1. The second-order valence-electron chi connectivity index (χ2n) is 5.40. The third-order valence-corrected chi connectivity index (χ3v) is 4.41. The van der Waals surface area contributed by atoms with Crippen LogP contribution in [-0.2, 0) is 14.6 Å². The van der Waals surface area contributed by atoms with Crippen molar-refractivity contribution in [3.63, 3.8) is 0 Å². The Bertz CT molecular complexity index is 811. The molecule has 122 valence electrons. The number of benzene rings is 2. The summed E-state index contributed by atoms with van der Waals surface area (Å²) in [6.07, 6.45) is 1.14.